The number of thiazole rings is 1. The summed E-state index contributed by atoms with van der Waals surface area (Å²) in [4.78, 5) is 5.83. The van der Waals surface area contributed by atoms with E-state index in [1.807, 2.05) is 7.05 Å². The third kappa shape index (κ3) is 3.24. The van der Waals surface area contributed by atoms with E-state index in [9.17, 15) is 0 Å². The van der Waals surface area contributed by atoms with Gasteiger partial charge in [0.1, 0.15) is 5.01 Å². The molecule has 0 fully saturated rings. The number of nitrogens with one attached hydrogen (secondary N) is 1. The van der Waals surface area contributed by atoms with Gasteiger partial charge in [0.05, 0.1) is 12.3 Å². The van der Waals surface area contributed by atoms with E-state index in [4.69, 9.17) is 4.74 Å². The zero-order chi connectivity index (χ0) is 10.4. The number of aromatic nitrogens is 1. The average Bonchev–Trinajstić information content (AvgIpc) is 2.50. The Morgan fingerprint density at radius 2 is 2.36 bits per heavy atom. The zero-order valence-corrected chi connectivity index (χ0v) is 10.4. The van der Waals surface area contributed by atoms with E-state index in [1.54, 1.807) is 30.2 Å². The predicted octanol–water partition coefficient (Wildman–Crippen LogP) is 1.87. The summed E-state index contributed by atoms with van der Waals surface area (Å²) in [5.41, 5.74) is 1.08. The maximum absolute atomic E-state index is 5.12. The minimum atomic E-state index is 0.613. The molecule has 0 amide bonds. The Morgan fingerprint density at radius 3 is 2.93 bits per heavy atom. The third-order valence-corrected chi connectivity index (χ3v) is 3.55. The van der Waals surface area contributed by atoms with Crippen LogP contribution in [0.1, 0.15) is 15.6 Å². The quantitative estimate of drug-likeness (QED) is 0.812. The molecule has 1 rings (SSSR count). The monoisotopic (exact) mass is 232 g/mol. The van der Waals surface area contributed by atoms with Crippen molar-refractivity contribution in [1.29, 1.82) is 0 Å². The van der Waals surface area contributed by atoms with Crippen LogP contribution in [0.5, 0.6) is 0 Å². The summed E-state index contributed by atoms with van der Waals surface area (Å²) in [6.07, 6.45) is 2.09. The number of thioether (sulfide) groups is 1. The van der Waals surface area contributed by atoms with Gasteiger partial charge in [-0.3, -0.25) is 0 Å². The van der Waals surface area contributed by atoms with Crippen molar-refractivity contribution in [2.24, 2.45) is 0 Å². The fourth-order valence-corrected chi connectivity index (χ4v) is 2.95. The highest BCUT2D eigenvalue weighted by molar-refractivity contribution is 7.97. The van der Waals surface area contributed by atoms with Crippen LogP contribution < -0.4 is 5.32 Å². The predicted molar refractivity (Wildman–Crippen MR) is 62.8 cm³/mol. The highest BCUT2D eigenvalue weighted by Gasteiger charge is 2.09. The van der Waals surface area contributed by atoms with E-state index in [0.29, 0.717) is 6.61 Å². The lowest BCUT2D eigenvalue weighted by Gasteiger charge is -1.98. The van der Waals surface area contributed by atoms with Crippen molar-refractivity contribution in [3.05, 3.63) is 15.6 Å². The molecular weight excluding hydrogens is 216 g/mol. The molecule has 0 saturated carbocycles. The fourth-order valence-electron chi connectivity index (χ4n) is 1.17. The van der Waals surface area contributed by atoms with Gasteiger partial charge >= 0.3 is 0 Å². The molecule has 1 heterocycles. The Labute approximate surface area is 93.3 Å². The molecule has 1 aromatic heterocycles. The number of methoxy groups -OCH3 is 1. The van der Waals surface area contributed by atoms with Gasteiger partial charge in [0, 0.05) is 24.3 Å². The van der Waals surface area contributed by atoms with E-state index >= 15 is 0 Å². The molecule has 14 heavy (non-hydrogen) atoms. The van der Waals surface area contributed by atoms with Crippen LogP contribution in [-0.2, 0) is 23.6 Å². The highest BCUT2D eigenvalue weighted by Crippen LogP contribution is 2.22. The standard InChI is InChI=1S/C9H16N2OS2/c1-10-4-8-7(5-12-2)11-9(14-8)6-13-3/h10H,4-6H2,1-3H3. The minimum Gasteiger partial charge on any atom is -0.378 e. The second-order valence-electron chi connectivity index (χ2n) is 2.87. The van der Waals surface area contributed by atoms with Crippen LogP contribution in [0, 0.1) is 0 Å². The van der Waals surface area contributed by atoms with Gasteiger partial charge in [-0.15, -0.1) is 11.3 Å². The van der Waals surface area contributed by atoms with Crippen LogP contribution in [0.4, 0.5) is 0 Å². The number of rotatable bonds is 6. The smallest absolute Gasteiger partial charge is 0.103 e. The molecular formula is C9H16N2OS2. The first-order valence-electron chi connectivity index (χ1n) is 4.41. The van der Waals surface area contributed by atoms with Gasteiger partial charge in [0.2, 0.25) is 0 Å². The first-order chi connectivity index (χ1) is 6.81. The number of nitrogens with zero attached hydrogens (tertiary/aromatic N) is 1. The van der Waals surface area contributed by atoms with Crippen molar-refractivity contribution in [1.82, 2.24) is 10.3 Å². The van der Waals surface area contributed by atoms with E-state index in [0.717, 1.165) is 18.0 Å². The molecule has 0 aromatic carbocycles. The zero-order valence-electron chi connectivity index (χ0n) is 8.79. The number of ether oxygens (including phenoxy) is 1. The maximum Gasteiger partial charge on any atom is 0.103 e. The second-order valence-corrected chi connectivity index (χ2v) is 4.91. The molecule has 0 aliphatic heterocycles. The molecule has 0 atom stereocenters. The normalized spacial score (nSPS) is 10.8. The molecule has 1 N–H and O–H groups in total. The maximum atomic E-state index is 5.12. The van der Waals surface area contributed by atoms with Gasteiger partial charge in [0.15, 0.2) is 0 Å². The molecule has 0 aliphatic rings. The van der Waals surface area contributed by atoms with Crippen molar-refractivity contribution in [3.63, 3.8) is 0 Å². The largest absolute Gasteiger partial charge is 0.378 e. The lowest BCUT2D eigenvalue weighted by molar-refractivity contribution is 0.181. The molecule has 0 bridgehead atoms. The van der Waals surface area contributed by atoms with Crippen LogP contribution in [0.25, 0.3) is 0 Å². The SMILES string of the molecule is CNCc1sc(CSC)nc1COC. The molecule has 1 aromatic rings. The third-order valence-electron chi connectivity index (χ3n) is 1.71. The van der Waals surface area contributed by atoms with Crippen LogP contribution in [-0.4, -0.2) is 25.4 Å². The molecule has 3 nitrogen and oxygen atoms in total. The lowest BCUT2D eigenvalue weighted by atomic mass is 10.4. The van der Waals surface area contributed by atoms with E-state index < -0.39 is 0 Å². The highest BCUT2D eigenvalue weighted by atomic mass is 32.2. The Hall–Kier alpha value is -0.100. The molecule has 0 unspecified atom stereocenters. The van der Waals surface area contributed by atoms with E-state index in [2.05, 4.69) is 16.6 Å². The van der Waals surface area contributed by atoms with E-state index in [-0.39, 0.29) is 0 Å². The van der Waals surface area contributed by atoms with Crippen LogP contribution in [0.3, 0.4) is 0 Å². The Bertz CT molecular complexity index is 252. The van der Waals surface area contributed by atoms with E-state index in [1.165, 1.54) is 9.88 Å². The number of hydrogen-bond donors (Lipinski definition) is 1. The molecule has 0 aliphatic carbocycles. The van der Waals surface area contributed by atoms with Gasteiger partial charge in [-0.2, -0.15) is 11.8 Å². The van der Waals surface area contributed by atoms with Crippen molar-refractivity contribution in [3.8, 4) is 0 Å². The Morgan fingerprint density at radius 1 is 1.57 bits per heavy atom. The molecule has 0 saturated heterocycles. The van der Waals surface area contributed by atoms with Crippen molar-refractivity contribution < 1.29 is 4.74 Å². The molecule has 0 spiro atoms. The molecule has 80 valence electrons. The first kappa shape index (κ1) is 12.0. The average molecular weight is 232 g/mol. The van der Waals surface area contributed by atoms with Crippen molar-refractivity contribution >= 4 is 23.1 Å². The summed E-state index contributed by atoms with van der Waals surface area (Å²) < 4.78 is 5.12. The summed E-state index contributed by atoms with van der Waals surface area (Å²) in [5.74, 6) is 0.991. The van der Waals surface area contributed by atoms with Gasteiger partial charge in [0.25, 0.3) is 0 Å². The van der Waals surface area contributed by atoms with Gasteiger partial charge in [-0.1, -0.05) is 0 Å². The lowest BCUT2D eigenvalue weighted by Crippen LogP contribution is -2.06. The fraction of sp³-hybridized carbons (Fsp3) is 0.667. The van der Waals surface area contributed by atoms with Crippen LogP contribution >= 0.6 is 23.1 Å². The molecule has 5 heteroatoms. The summed E-state index contributed by atoms with van der Waals surface area (Å²) in [6, 6.07) is 0. The Kier molecular flexibility index (Phi) is 5.47. The summed E-state index contributed by atoms with van der Waals surface area (Å²) in [5, 5.41) is 4.34. The summed E-state index contributed by atoms with van der Waals surface area (Å²) >= 11 is 3.57. The Balaban J connectivity index is 2.76. The first-order valence-corrected chi connectivity index (χ1v) is 6.62. The minimum absolute atomic E-state index is 0.613. The van der Waals surface area contributed by atoms with Crippen LogP contribution in [0.2, 0.25) is 0 Å². The van der Waals surface area contributed by atoms with Gasteiger partial charge in [-0.25, -0.2) is 4.98 Å². The van der Waals surface area contributed by atoms with Crippen molar-refractivity contribution in [2.75, 3.05) is 20.4 Å². The van der Waals surface area contributed by atoms with Crippen molar-refractivity contribution in [2.45, 2.75) is 18.9 Å². The number of hydrogen-bond acceptors (Lipinski definition) is 5. The second kappa shape index (κ2) is 6.40. The summed E-state index contributed by atoms with van der Waals surface area (Å²) in [6.45, 7) is 1.49. The topological polar surface area (TPSA) is 34.2 Å². The summed E-state index contributed by atoms with van der Waals surface area (Å²) in [7, 11) is 3.65. The van der Waals surface area contributed by atoms with Gasteiger partial charge < -0.3 is 10.1 Å². The van der Waals surface area contributed by atoms with Crippen LogP contribution in [0.15, 0.2) is 0 Å². The molecule has 0 radical (unpaired) electrons. The van der Waals surface area contributed by atoms with Gasteiger partial charge in [-0.05, 0) is 13.3 Å².